The Morgan fingerprint density at radius 1 is 0.966 bits per heavy atom. The second-order valence-electron chi connectivity index (χ2n) is 7.42. The van der Waals surface area contributed by atoms with Gasteiger partial charge >= 0.3 is 0 Å². The second-order valence-corrected chi connectivity index (χ2v) is 9.36. The van der Waals surface area contributed by atoms with Gasteiger partial charge in [-0.25, -0.2) is 12.8 Å². The smallest absolute Gasteiger partial charge is 0.243 e. The number of rotatable bonds is 4. The highest BCUT2D eigenvalue weighted by Gasteiger charge is 2.28. The first-order valence-electron chi connectivity index (χ1n) is 9.74. The molecule has 0 radical (unpaired) electrons. The number of nitrogens with zero attached hydrogens (tertiary/aromatic N) is 1. The van der Waals surface area contributed by atoms with E-state index in [1.807, 2.05) is 30.3 Å². The molecule has 3 aromatic carbocycles. The Hall–Kier alpha value is -2.48. The van der Waals surface area contributed by atoms with Crippen LogP contribution in [-0.4, -0.2) is 44.0 Å². The summed E-state index contributed by atoms with van der Waals surface area (Å²) in [5, 5.41) is 12.5. The Morgan fingerprint density at radius 2 is 1.72 bits per heavy atom. The first kappa shape index (κ1) is 19.8. The molecule has 1 atom stereocenters. The van der Waals surface area contributed by atoms with Crippen LogP contribution in [0.5, 0.6) is 5.75 Å². The number of quaternary nitrogens is 1. The lowest BCUT2D eigenvalue weighted by molar-refractivity contribution is -0.911. The molecule has 0 amide bonds. The highest BCUT2D eigenvalue weighted by molar-refractivity contribution is 7.89. The zero-order chi connectivity index (χ0) is 20.4. The van der Waals surface area contributed by atoms with Crippen LogP contribution in [0.15, 0.2) is 65.6 Å². The molecule has 1 heterocycles. The van der Waals surface area contributed by atoms with Crippen molar-refractivity contribution in [3.05, 3.63) is 72.0 Å². The molecule has 1 aliphatic rings. The van der Waals surface area contributed by atoms with Crippen LogP contribution in [0, 0.1) is 5.82 Å². The van der Waals surface area contributed by atoms with E-state index in [4.69, 9.17) is 0 Å². The minimum Gasteiger partial charge on any atom is -0.507 e. The Balaban J connectivity index is 1.51. The third kappa shape index (κ3) is 4.12. The molecule has 1 aliphatic heterocycles. The van der Waals surface area contributed by atoms with E-state index in [0.29, 0.717) is 26.2 Å². The topological polar surface area (TPSA) is 62.0 Å². The van der Waals surface area contributed by atoms with Crippen molar-refractivity contribution in [3.8, 4) is 5.75 Å². The minimum atomic E-state index is -3.64. The second kappa shape index (κ2) is 8.10. The Morgan fingerprint density at radius 3 is 2.52 bits per heavy atom. The van der Waals surface area contributed by atoms with Crippen LogP contribution in [0.3, 0.4) is 0 Å². The average Bonchev–Trinajstić information content (AvgIpc) is 2.97. The van der Waals surface area contributed by atoms with Gasteiger partial charge in [0.15, 0.2) is 0 Å². The van der Waals surface area contributed by atoms with Gasteiger partial charge in [0, 0.05) is 13.0 Å². The maximum atomic E-state index is 13.2. The highest BCUT2D eigenvalue weighted by Crippen LogP contribution is 2.26. The minimum absolute atomic E-state index is 0.119. The number of phenolic OH excluding ortho intramolecular Hbond substituents is 1. The maximum Gasteiger partial charge on any atom is 0.243 e. The van der Waals surface area contributed by atoms with Crippen molar-refractivity contribution in [2.24, 2.45) is 0 Å². The lowest BCUT2D eigenvalue weighted by Gasteiger charge is -2.21. The summed E-state index contributed by atoms with van der Waals surface area (Å²) >= 11 is 0. The van der Waals surface area contributed by atoms with Gasteiger partial charge in [0.05, 0.1) is 30.1 Å². The molecule has 4 rings (SSSR count). The SMILES string of the molecule is O=S(=O)(c1ccc(F)cc1)N1CCC[NH+](Cc2c(O)ccc3ccccc23)CC1. The average molecular weight is 416 g/mol. The fourth-order valence-electron chi connectivity index (χ4n) is 3.96. The molecule has 0 aliphatic carbocycles. The van der Waals surface area contributed by atoms with Crippen LogP contribution in [0.25, 0.3) is 10.8 Å². The van der Waals surface area contributed by atoms with Gasteiger partial charge in [-0.3, -0.25) is 0 Å². The van der Waals surface area contributed by atoms with Gasteiger partial charge in [0.2, 0.25) is 10.0 Å². The van der Waals surface area contributed by atoms with Crippen molar-refractivity contribution in [2.75, 3.05) is 26.2 Å². The monoisotopic (exact) mass is 415 g/mol. The Bertz CT molecular complexity index is 1120. The quantitative estimate of drug-likeness (QED) is 0.687. The molecular weight excluding hydrogens is 391 g/mol. The molecule has 0 bridgehead atoms. The summed E-state index contributed by atoms with van der Waals surface area (Å²) in [5.74, 6) is -0.179. The zero-order valence-corrected chi connectivity index (χ0v) is 16.8. The summed E-state index contributed by atoms with van der Waals surface area (Å²) in [6.07, 6.45) is 0.723. The molecule has 29 heavy (non-hydrogen) atoms. The maximum absolute atomic E-state index is 13.2. The van der Waals surface area contributed by atoms with E-state index >= 15 is 0 Å². The molecule has 1 saturated heterocycles. The molecule has 152 valence electrons. The number of phenols is 1. The van der Waals surface area contributed by atoms with Crippen molar-refractivity contribution in [3.63, 3.8) is 0 Å². The van der Waals surface area contributed by atoms with E-state index in [1.54, 1.807) is 6.07 Å². The molecule has 5 nitrogen and oxygen atoms in total. The molecule has 0 aromatic heterocycles. The van der Waals surface area contributed by atoms with Gasteiger partial charge in [0.1, 0.15) is 18.1 Å². The van der Waals surface area contributed by atoms with E-state index in [-0.39, 0.29) is 10.6 Å². The summed E-state index contributed by atoms with van der Waals surface area (Å²) in [5.41, 5.74) is 0.896. The number of benzene rings is 3. The molecule has 0 spiro atoms. The van der Waals surface area contributed by atoms with E-state index in [0.717, 1.165) is 29.3 Å². The molecule has 3 aromatic rings. The fraction of sp³-hybridized carbons (Fsp3) is 0.273. The molecule has 7 heteroatoms. The zero-order valence-electron chi connectivity index (χ0n) is 16.0. The van der Waals surface area contributed by atoms with Crippen molar-refractivity contribution in [2.45, 2.75) is 17.9 Å². The largest absolute Gasteiger partial charge is 0.507 e. The standard InChI is InChI=1S/C22H23FN2O3S/c23-18-7-9-19(10-8-18)29(27,28)25-13-3-12-24(14-15-25)16-21-20-5-2-1-4-17(20)6-11-22(21)26/h1-2,4-11,26H,3,12-16H2/p+1. The molecule has 1 unspecified atom stereocenters. The van der Waals surface area contributed by atoms with E-state index in [9.17, 15) is 17.9 Å². The van der Waals surface area contributed by atoms with Crippen LogP contribution in [0.4, 0.5) is 4.39 Å². The van der Waals surface area contributed by atoms with Crippen molar-refractivity contribution < 1.29 is 22.8 Å². The van der Waals surface area contributed by atoms with Gasteiger partial charge in [-0.2, -0.15) is 4.31 Å². The van der Waals surface area contributed by atoms with Gasteiger partial charge in [-0.1, -0.05) is 30.3 Å². The van der Waals surface area contributed by atoms with Gasteiger partial charge < -0.3 is 10.0 Å². The summed E-state index contributed by atoms with van der Waals surface area (Å²) in [6, 6.07) is 16.6. The van der Waals surface area contributed by atoms with E-state index in [2.05, 4.69) is 0 Å². The van der Waals surface area contributed by atoms with Crippen molar-refractivity contribution in [1.29, 1.82) is 0 Å². The number of hydrogen-bond donors (Lipinski definition) is 2. The fourth-order valence-corrected chi connectivity index (χ4v) is 5.44. The van der Waals surface area contributed by atoms with Crippen LogP contribution >= 0.6 is 0 Å². The number of nitrogens with one attached hydrogen (secondary N) is 1. The molecule has 2 N–H and O–H groups in total. The van der Waals surface area contributed by atoms with Crippen LogP contribution in [0.2, 0.25) is 0 Å². The molecule has 0 saturated carbocycles. The van der Waals surface area contributed by atoms with E-state index < -0.39 is 15.8 Å². The molecule has 1 fully saturated rings. The third-order valence-electron chi connectivity index (χ3n) is 5.55. The number of sulfonamides is 1. The summed E-state index contributed by atoms with van der Waals surface area (Å²) in [6.45, 7) is 2.92. The van der Waals surface area contributed by atoms with Crippen LogP contribution < -0.4 is 4.90 Å². The molecular formula is C22H24FN2O3S+. The van der Waals surface area contributed by atoms with Crippen LogP contribution in [-0.2, 0) is 16.6 Å². The van der Waals surface area contributed by atoms with Gasteiger partial charge in [-0.15, -0.1) is 0 Å². The van der Waals surface area contributed by atoms with Gasteiger partial charge in [-0.05, 0) is 41.1 Å². The van der Waals surface area contributed by atoms with Crippen molar-refractivity contribution in [1.82, 2.24) is 4.31 Å². The number of halogens is 1. The number of hydrogen-bond acceptors (Lipinski definition) is 3. The summed E-state index contributed by atoms with van der Waals surface area (Å²) in [4.78, 5) is 1.35. The predicted molar refractivity (Wildman–Crippen MR) is 110 cm³/mol. The normalized spacial score (nSPS) is 18.6. The number of aromatic hydroxyl groups is 1. The predicted octanol–water partition coefficient (Wildman–Crippen LogP) is 2.16. The first-order chi connectivity index (χ1) is 13.9. The summed E-state index contributed by atoms with van der Waals surface area (Å²) < 4.78 is 40.4. The highest BCUT2D eigenvalue weighted by atomic mass is 32.2. The third-order valence-corrected chi connectivity index (χ3v) is 7.46. The number of fused-ring (bicyclic) bond motifs is 1. The van der Waals surface area contributed by atoms with Gasteiger partial charge in [0.25, 0.3) is 0 Å². The van der Waals surface area contributed by atoms with E-state index in [1.165, 1.54) is 33.5 Å². The Kier molecular flexibility index (Phi) is 5.54. The lowest BCUT2D eigenvalue weighted by atomic mass is 10.0. The lowest BCUT2D eigenvalue weighted by Crippen LogP contribution is -3.11. The van der Waals surface area contributed by atoms with Crippen molar-refractivity contribution >= 4 is 20.8 Å². The van der Waals surface area contributed by atoms with Crippen LogP contribution in [0.1, 0.15) is 12.0 Å². The first-order valence-corrected chi connectivity index (χ1v) is 11.2. The summed E-state index contributed by atoms with van der Waals surface area (Å²) in [7, 11) is -3.64. The Labute approximate surface area is 170 Å².